The third kappa shape index (κ3) is 6.38. The number of amides is 1. The zero-order valence-corrected chi connectivity index (χ0v) is 17.8. The number of alkyl halides is 3. The third-order valence-corrected chi connectivity index (χ3v) is 4.94. The average Bonchev–Trinajstić information content (AvgIpc) is 3.46. The van der Waals surface area contributed by atoms with Crippen LogP contribution in [0.25, 0.3) is 0 Å². The van der Waals surface area contributed by atoms with Gasteiger partial charge < -0.3 is 14.8 Å². The minimum Gasteiger partial charge on any atom is -0.490 e. The Kier molecular flexibility index (Phi) is 7.46. The normalized spacial score (nSPS) is 13.8. The lowest BCUT2D eigenvalue weighted by Gasteiger charge is -2.12. The van der Waals surface area contributed by atoms with Gasteiger partial charge in [-0.1, -0.05) is 6.07 Å². The second-order valence-electron chi connectivity index (χ2n) is 7.48. The second kappa shape index (κ2) is 10.1. The molecule has 1 aromatic carbocycles. The minimum atomic E-state index is -4.44. The van der Waals surface area contributed by atoms with Crippen molar-refractivity contribution in [2.75, 3.05) is 19.8 Å². The van der Waals surface area contributed by atoms with Gasteiger partial charge in [0.25, 0.3) is 0 Å². The van der Waals surface area contributed by atoms with Crippen LogP contribution in [0.4, 0.5) is 13.2 Å². The van der Waals surface area contributed by atoms with E-state index in [1.165, 1.54) is 4.68 Å². The maximum absolute atomic E-state index is 13.0. The van der Waals surface area contributed by atoms with Crippen LogP contribution >= 0.6 is 0 Å². The molecule has 1 N–H and O–H groups in total. The molecule has 6 nitrogen and oxygen atoms in total. The Morgan fingerprint density at radius 2 is 1.87 bits per heavy atom. The lowest BCUT2D eigenvalue weighted by Crippen LogP contribution is -2.27. The van der Waals surface area contributed by atoms with E-state index in [4.69, 9.17) is 9.47 Å². The fraction of sp³-hybridized carbons (Fsp3) is 0.545. The number of hydrogen-bond donors (Lipinski definition) is 1. The molecule has 1 heterocycles. The van der Waals surface area contributed by atoms with Crippen LogP contribution in [0.3, 0.4) is 0 Å². The van der Waals surface area contributed by atoms with Crippen LogP contribution in [0, 0.1) is 0 Å². The van der Waals surface area contributed by atoms with Gasteiger partial charge in [-0.3, -0.25) is 9.48 Å². The summed E-state index contributed by atoms with van der Waals surface area (Å²) in [5, 5.41) is 6.55. The smallest absolute Gasteiger partial charge is 0.435 e. The van der Waals surface area contributed by atoms with Crippen LogP contribution in [0.15, 0.2) is 24.3 Å². The summed E-state index contributed by atoms with van der Waals surface area (Å²) >= 11 is 0. The fourth-order valence-corrected chi connectivity index (χ4v) is 3.37. The van der Waals surface area contributed by atoms with E-state index in [-0.39, 0.29) is 18.2 Å². The van der Waals surface area contributed by atoms with E-state index in [0.717, 1.165) is 24.5 Å². The summed E-state index contributed by atoms with van der Waals surface area (Å²) in [6.07, 6.45) is -1.98. The highest BCUT2D eigenvalue weighted by Crippen LogP contribution is 2.42. The molecular formula is C22H28F3N3O3. The first-order valence-corrected chi connectivity index (χ1v) is 10.6. The standard InChI is InChI=1S/C22H28F3N3O3/c1-3-30-18-9-6-15(12-19(18)31-4-2)13-21(29)26-10-5-11-28-17(16-7-8-16)14-20(27-28)22(23,24)25/h6,9,12,14,16H,3-5,7-8,10-11,13H2,1-2H3,(H,26,29). The Morgan fingerprint density at radius 1 is 1.16 bits per heavy atom. The van der Waals surface area contributed by atoms with E-state index in [1.54, 1.807) is 12.1 Å². The van der Waals surface area contributed by atoms with Gasteiger partial charge in [0.2, 0.25) is 5.91 Å². The molecule has 0 aliphatic heterocycles. The highest BCUT2D eigenvalue weighted by atomic mass is 19.4. The Morgan fingerprint density at radius 3 is 2.52 bits per heavy atom. The molecule has 170 valence electrons. The zero-order chi connectivity index (χ0) is 22.4. The van der Waals surface area contributed by atoms with Gasteiger partial charge in [-0.25, -0.2) is 0 Å². The Labute approximate surface area is 179 Å². The van der Waals surface area contributed by atoms with E-state index in [9.17, 15) is 18.0 Å². The van der Waals surface area contributed by atoms with Crippen molar-refractivity contribution in [1.29, 1.82) is 0 Å². The number of aryl methyl sites for hydroxylation is 1. The number of halogens is 3. The molecule has 0 bridgehead atoms. The van der Waals surface area contributed by atoms with Crippen LogP contribution < -0.4 is 14.8 Å². The monoisotopic (exact) mass is 439 g/mol. The van der Waals surface area contributed by atoms with Gasteiger partial charge >= 0.3 is 6.18 Å². The molecule has 1 aliphatic carbocycles. The number of hydrogen-bond acceptors (Lipinski definition) is 4. The van der Waals surface area contributed by atoms with Gasteiger partial charge in [-0.2, -0.15) is 18.3 Å². The molecule has 1 fully saturated rings. The van der Waals surface area contributed by atoms with Crippen LogP contribution in [-0.4, -0.2) is 35.4 Å². The predicted molar refractivity (Wildman–Crippen MR) is 109 cm³/mol. The van der Waals surface area contributed by atoms with Crippen molar-refractivity contribution in [1.82, 2.24) is 15.1 Å². The van der Waals surface area contributed by atoms with Crippen molar-refractivity contribution >= 4 is 5.91 Å². The van der Waals surface area contributed by atoms with Crippen LogP contribution in [-0.2, 0) is 23.9 Å². The first-order chi connectivity index (χ1) is 14.8. The maximum atomic E-state index is 13.0. The third-order valence-electron chi connectivity index (χ3n) is 4.94. The molecule has 1 aromatic heterocycles. The van der Waals surface area contributed by atoms with E-state index in [0.29, 0.717) is 49.9 Å². The molecule has 0 spiro atoms. The number of carbonyl (C=O) groups excluding carboxylic acids is 1. The lowest BCUT2D eigenvalue weighted by molar-refractivity contribution is -0.141. The van der Waals surface area contributed by atoms with Gasteiger partial charge in [0.05, 0.1) is 19.6 Å². The molecule has 2 aromatic rings. The van der Waals surface area contributed by atoms with Gasteiger partial charge in [0, 0.05) is 24.7 Å². The van der Waals surface area contributed by atoms with Crippen molar-refractivity contribution < 1.29 is 27.4 Å². The first-order valence-electron chi connectivity index (χ1n) is 10.6. The Bertz CT molecular complexity index is 892. The summed E-state index contributed by atoms with van der Waals surface area (Å²) in [4.78, 5) is 12.3. The SMILES string of the molecule is CCOc1ccc(CC(=O)NCCCn2nc(C(F)(F)F)cc2C2CC2)cc1OCC. The molecule has 0 atom stereocenters. The Hall–Kier alpha value is -2.71. The number of ether oxygens (including phenoxy) is 2. The van der Waals surface area contributed by atoms with Crippen LogP contribution in [0.5, 0.6) is 11.5 Å². The molecule has 0 radical (unpaired) electrons. The number of carbonyl (C=O) groups is 1. The number of aromatic nitrogens is 2. The molecule has 1 aliphatic rings. The summed E-state index contributed by atoms with van der Waals surface area (Å²) in [5.41, 5.74) is 0.581. The molecule has 9 heteroatoms. The average molecular weight is 439 g/mol. The first kappa shape index (κ1) is 23.0. The Balaban J connectivity index is 1.50. The van der Waals surface area contributed by atoms with Gasteiger partial charge in [0.15, 0.2) is 17.2 Å². The summed E-state index contributed by atoms with van der Waals surface area (Å²) in [5.74, 6) is 1.24. The molecule has 31 heavy (non-hydrogen) atoms. The summed E-state index contributed by atoms with van der Waals surface area (Å²) in [6.45, 7) is 5.46. The van der Waals surface area contributed by atoms with Crippen molar-refractivity contribution in [3.8, 4) is 11.5 Å². The number of benzene rings is 1. The largest absolute Gasteiger partial charge is 0.490 e. The fourth-order valence-electron chi connectivity index (χ4n) is 3.37. The van der Waals surface area contributed by atoms with Crippen molar-refractivity contribution in [3.63, 3.8) is 0 Å². The van der Waals surface area contributed by atoms with Crippen molar-refractivity contribution in [2.45, 2.75) is 58.2 Å². The molecule has 0 saturated heterocycles. The van der Waals surface area contributed by atoms with Crippen LogP contribution in [0.2, 0.25) is 0 Å². The molecule has 0 unspecified atom stereocenters. The van der Waals surface area contributed by atoms with E-state index < -0.39 is 11.9 Å². The van der Waals surface area contributed by atoms with E-state index in [2.05, 4.69) is 10.4 Å². The van der Waals surface area contributed by atoms with Gasteiger partial charge in [-0.15, -0.1) is 0 Å². The zero-order valence-electron chi connectivity index (χ0n) is 17.8. The van der Waals surface area contributed by atoms with Gasteiger partial charge in [0.1, 0.15) is 0 Å². The molecule has 1 amide bonds. The second-order valence-corrected chi connectivity index (χ2v) is 7.48. The van der Waals surface area contributed by atoms with E-state index in [1.807, 2.05) is 19.9 Å². The maximum Gasteiger partial charge on any atom is 0.435 e. The molecular weight excluding hydrogens is 411 g/mol. The van der Waals surface area contributed by atoms with E-state index >= 15 is 0 Å². The van der Waals surface area contributed by atoms with Crippen molar-refractivity contribution in [2.24, 2.45) is 0 Å². The van der Waals surface area contributed by atoms with Gasteiger partial charge in [-0.05, 0) is 56.9 Å². The number of nitrogens with one attached hydrogen (secondary N) is 1. The summed E-state index contributed by atoms with van der Waals surface area (Å²) < 4.78 is 51.4. The molecule has 3 rings (SSSR count). The summed E-state index contributed by atoms with van der Waals surface area (Å²) in [6, 6.07) is 6.54. The minimum absolute atomic E-state index is 0.162. The van der Waals surface area contributed by atoms with Crippen molar-refractivity contribution in [3.05, 3.63) is 41.2 Å². The topological polar surface area (TPSA) is 65.4 Å². The number of nitrogens with zero attached hydrogens (tertiary/aromatic N) is 2. The lowest BCUT2D eigenvalue weighted by atomic mass is 10.1. The van der Waals surface area contributed by atoms with Crippen LogP contribution in [0.1, 0.15) is 56.0 Å². The highest BCUT2D eigenvalue weighted by Gasteiger charge is 2.37. The number of rotatable bonds is 11. The summed E-state index contributed by atoms with van der Waals surface area (Å²) in [7, 11) is 0. The quantitative estimate of drug-likeness (QED) is 0.530. The highest BCUT2D eigenvalue weighted by molar-refractivity contribution is 5.78. The predicted octanol–water partition coefficient (Wildman–Crippen LogP) is 4.33. The molecule has 1 saturated carbocycles.